The van der Waals surface area contributed by atoms with E-state index in [2.05, 4.69) is 5.32 Å². The number of methoxy groups -OCH3 is 1. The van der Waals surface area contributed by atoms with Gasteiger partial charge < -0.3 is 19.2 Å². The summed E-state index contributed by atoms with van der Waals surface area (Å²) in [7, 11) is 1.61. The van der Waals surface area contributed by atoms with Gasteiger partial charge in [0.1, 0.15) is 17.9 Å². The Morgan fingerprint density at radius 2 is 1.92 bits per heavy atom. The highest BCUT2D eigenvalue weighted by atomic mass is 16.5. The standard InChI is InChI=1S/C20H19NO5/c1-24-9-10-25-15-6-4-5-14(11-15)13-21-20(23)19-12-17(22)16-7-2-3-8-18(16)26-19/h2-8,11-12H,9-10,13H2,1H3,(H,21,23). The van der Waals surface area contributed by atoms with E-state index >= 15 is 0 Å². The molecular weight excluding hydrogens is 334 g/mol. The molecule has 0 aliphatic carbocycles. The molecule has 3 aromatic rings. The van der Waals surface area contributed by atoms with E-state index in [9.17, 15) is 9.59 Å². The zero-order chi connectivity index (χ0) is 18.4. The molecule has 6 heteroatoms. The predicted octanol–water partition coefficient (Wildman–Crippen LogP) is 2.75. The maximum atomic E-state index is 12.3. The lowest BCUT2D eigenvalue weighted by molar-refractivity contribution is 0.0923. The number of amides is 1. The quantitative estimate of drug-likeness (QED) is 0.661. The van der Waals surface area contributed by atoms with Crippen molar-refractivity contribution in [3.63, 3.8) is 0 Å². The summed E-state index contributed by atoms with van der Waals surface area (Å²) in [6, 6.07) is 15.4. The molecule has 1 amide bonds. The fourth-order valence-corrected chi connectivity index (χ4v) is 2.47. The van der Waals surface area contributed by atoms with E-state index in [0.29, 0.717) is 29.9 Å². The third kappa shape index (κ3) is 4.29. The fourth-order valence-electron chi connectivity index (χ4n) is 2.47. The molecule has 0 radical (unpaired) electrons. The number of rotatable bonds is 7. The highest BCUT2D eigenvalue weighted by molar-refractivity contribution is 5.93. The molecule has 0 saturated carbocycles. The van der Waals surface area contributed by atoms with Gasteiger partial charge in [-0.2, -0.15) is 0 Å². The van der Waals surface area contributed by atoms with Gasteiger partial charge in [0, 0.05) is 19.7 Å². The molecule has 3 rings (SSSR count). The predicted molar refractivity (Wildman–Crippen MR) is 97.5 cm³/mol. The largest absolute Gasteiger partial charge is 0.491 e. The van der Waals surface area contributed by atoms with Crippen molar-refractivity contribution < 1.29 is 18.7 Å². The maximum absolute atomic E-state index is 12.3. The van der Waals surface area contributed by atoms with Crippen LogP contribution in [0, 0.1) is 0 Å². The van der Waals surface area contributed by atoms with Gasteiger partial charge in [0.2, 0.25) is 0 Å². The number of para-hydroxylation sites is 1. The summed E-state index contributed by atoms with van der Waals surface area (Å²) in [5, 5.41) is 3.20. The van der Waals surface area contributed by atoms with Crippen LogP contribution in [0.5, 0.6) is 5.75 Å². The van der Waals surface area contributed by atoms with E-state index in [0.717, 1.165) is 5.56 Å². The normalized spacial score (nSPS) is 10.7. The van der Waals surface area contributed by atoms with Crippen molar-refractivity contribution in [2.75, 3.05) is 20.3 Å². The van der Waals surface area contributed by atoms with Gasteiger partial charge in [0.25, 0.3) is 5.91 Å². The Morgan fingerprint density at radius 3 is 2.77 bits per heavy atom. The summed E-state index contributed by atoms with van der Waals surface area (Å²) in [5.74, 6) is 0.241. The van der Waals surface area contributed by atoms with Crippen LogP contribution in [0.4, 0.5) is 0 Å². The minimum atomic E-state index is -0.446. The number of hydrogen-bond acceptors (Lipinski definition) is 5. The molecule has 2 aromatic carbocycles. The average Bonchev–Trinajstić information content (AvgIpc) is 2.66. The summed E-state index contributed by atoms with van der Waals surface area (Å²) in [4.78, 5) is 24.4. The molecule has 0 spiro atoms. The van der Waals surface area contributed by atoms with Crippen LogP contribution in [0.3, 0.4) is 0 Å². The van der Waals surface area contributed by atoms with E-state index in [-0.39, 0.29) is 17.7 Å². The van der Waals surface area contributed by atoms with E-state index in [1.165, 1.54) is 6.07 Å². The van der Waals surface area contributed by atoms with Crippen LogP contribution >= 0.6 is 0 Å². The van der Waals surface area contributed by atoms with Crippen molar-refractivity contribution in [1.82, 2.24) is 5.32 Å². The minimum Gasteiger partial charge on any atom is -0.491 e. The molecule has 134 valence electrons. The third-order valence-corrected chi connectivity index (χ3v) is 3.77. The minimum absolute atomic E-state index is 0.0128. The third-order valence-electron chi connectivity index (χ3n) is 3.77. The van der Waals surface area contributed by atoms with Crippen LogP contribution in [-0.4, -0.2) is 26.2 Å². The molecule has 0 saturated heterocycles. The summed E-state index contributed by atoms with van der Waals surface area (Å²) >= 11 is 0. The molecule has 0 fully saturated rings. The molecule has 1 aromatic heterocycles. The number of carbonyl (C=O) groups excluding carboxylic acids is 1. The summed E-state index contributed by atoms with van der Waals surface area (Å²) in [6.45, 7) is 1.24. The maximum Gasteiger partial charge on any atom is 0.287 e. The zero-order valence-corrected chi connectivity index (χ0v) is 14.4. The van der Waals surface area contributed by atoms with Crippen LogP contribution in [0.25, 0.3) is 11.0 Å². The molecule has 0 aliphatic heterocycles. The number of hydrogen-bond donors (Lipinski definition) is 1. The molecule has 0 bridgehead atoms. The Hall–Kier alpha value is -3.12. The van der Waals surface area contributed by atoms with Gasteiger partial charge in [0.15, 0.2) is 11.2 Å². The van der Waals surface area contributed by atoms with Gasteiger partial charge in [-0.3, -0.25) is 9.59 Å². The first-order valence-electron chi connectivity index (χ1n) is 8.19. The lowest BCUT2D eigenvalue weighted by Gasteiger charge is -2.09. The van der Waals surface area contributed by atoms with Crippen molar-refractivity contribution in [3.8, 4) is 5.75 Å². The summed E-state index contributed by atoms with van der Waals surface area (Å²) < 4.78 is 16.0. The second-order valence-electron chi connectivity index (χ2n) is 5.64. The van der Waals surface area contributed by atoms with Crippen molar-refractivity contribution in [3.05, 3.63) is 76.1 Å². The summed E-state index contributed by atoms with van der Waals surface area (Å²) in [6.07, 6.45) is 0. The summed E-state index contributed by atoms with van der Waals surface area (Å²) in [5.41, 5.74) is 1.01. The van der Waals surface area contributed by atoms with Crippen LogP contribution in [0.2, 0.25) is 0 Å². The Morgan fingerprint density at radius 1 is 1.08 bits per heavy atom. The fraction of sp³-hybridized carbons (Fsp3) is 0.200. The van der Waals surface area contributed by atoms with E-state index < -0.39 is 5.91 Å². The first-order chi connectivity index (χ1) is 12.7. The van der Waals surface area contributed by atoms with Crippen molar-refractivity contribution in [2.45, 2.75) is 6.54 Å². The van der Waals surface area contributed by atoms with Crippen molar-refractivity contribution in [2.24, 2.45) is 0 Å². The van der Waals surface area contributed by atoms with Gasteiger partial charge in [-0.1, -0.05) is 24.3 Å². The number of ether oxygens (including phenoxy) is 2. The number of benzene rings is 2. The number of carbonyl (C=O) groups is 1. The molecule has 0 aliphatic rings. The molecule has 6 nitrogen and oxygen atoms in total. The van der Waals surface area contributed by atoms with Gasteiger partial charge in [-0.05, 0) is 29.8 Å². The van der Waals surface area contributed by atoms with E-state index in [1.54, 1.807) is 31.4 Å². The van der Waals surface area contributed by atoms with Crippen LogP contribution in [-0.2, 0) is 11.3 Å². The van der Waals surface area contributed by atoms with Crippen molar-refractivity contribution in [1.29, 1.82) is 0 Å². The Labute approximate surface area is 150 Å². The Bertz CT molecular complexity index is 964. The van der Waals surface area contributed by atoms with Crippen molar-refractivity contribution >= 4 is 16.9 Å². The molecular formula is C20H19NO5. The Balaban J connectivity index is 1.67. The van der Waals surface area contributed by atoms with Gasteiger partial charge >= 0.3 is 0 Å². The van der Waals surface area contributed by atoms with Crippen LogP contribution in [0.1, 0.15) is 16.1 Å². The van der Waals surface area contributed by atoms with Gasteiger partial charge in [-0.25, -0.2) is 0 Å². The van der Waals surface area contributed by atoms with Crippen LogP contribution in [0.15, 0.2) is 63.8 Å². The SMILES string of the molecule is COCCOc1cccc(CNC(=O)c2cc(=O)c3ccccc3o2)c1. The molecule has 0 unspecified atom stereocenters. The number of fused-ring (bicyclic) bond motifs is 1. The average molecular weight is 353 g/mol. The highest BCUT2D eigenvalue weighted by Gasteiger charge is 2.12. The number of nitrogens with one attached hydrogen (secondary N) is 1. The lowest BCUT2D eigenvalue weighted by atomic mass is 10.2. The molecule has 26 heavy (non-hydrogen) atoms. The highest BCUT2D eigenvalue weighted by Crippen LogP contribution is 2.14. The van der Waals surface area contributed by atoms with Gasteiger partial charge in [-0.15, -0.1) is 0 Å². The monoisotopic (exact) mass is 353 g/mol. The second-order valence-corrected chi connectivity index (χ2v) is 5.64. The topological polar surface area (TPSA) is 77.8 Å². The van der Waals surface area contributed by atoms with Crippen LogP contribution < -0.4 is 15.5 Å². The first kappa shape index (κ1) is 17.7. The first-order valence-corrected chi connectivity index (χ1v) is 8.19. The van der Waals surface area contributed by atoms with E-state index in [1.807, 2.05) is 24.3 Å². The zero-order valence-electron chi connectivity index (χ0n) is 14.4. The molecule has 1 N–H and O–H groups in total. The van der Waals surface area contributed by atoms with E-state index in [4.69, 9.17) is 13.9 Å². The smallest absolute Gasteiger partial charge is 0.287 e. The van der Waals surface area contributed by atoms with Gasteiger partial charge in [0.05, 0.1) is 12.0 Å². The second kappa shape index (κ2) is 8.31. The lowest BCUT2D eigenvalue weighted by Crippen LogP contribution is -2.24. The molecule has 1 heterocycles. The Kier molecular flexibility index (Phi) is 5.66. The molecule has 0 atom stereocenters.